The van der Waals surface area contributed by atoms with Crippen molar-refractivity contribution in [1.82, 2.24) is 14.9 Å². The summed E-state index contributed by atoms with van der Waals surface area (Å²) in [6.07, 6.45) is 3.47. The first kappa shape index (κ1) is 20.3. The zero-order valence-electron chi connectivity index (χ0n) is 19.2. The summed E-state index contributed by atoms with van der Waals surface area (Å²) in [5, 5.41) is 10.1. The Hall–Kier alpha value is -3.35. The summed E-state index contributed by atoms with van der Waals surface area (Å²) in [5.74, 6) is 1.08. The molecule has 1 aliphatic heterocycles. The van der Waals surface area contributed by atoms with E-state index in [1.165, 1.54) is 0 Å². The zero-order valence-corrected chi connectivity index (χ0v) is 19.2. The van der Waals surface area contributed by atoms with E-state index in [1.807, 2.05) is 61.0 Å². The first-order valence-corrected chi connectivity index (χ1v) is 11.7. The second kappa shape index (κ2) is 6.83. The van der Waals surface area contributed by atoms with Crippen LogP contribution >= 0.6 is 0 Å². The molecule has 1 spiro atoms. The van der Waals surface area contributed by atoms with Crippen LogP contribution in [0, 0.1) is 24.2 Å². The van der Waals surface area contributed by atoms with Gasteiger partial charge in [-0.3, -0.25) is 9.59 Å². The van der Waals surface area contributed by atoms with Crippen LogP contribution in [-0.4, -0.2) is 27.0 Å². The van der Waals surface area contributed by atoms with Gasteiger partial charge in [-0.25, -0.2) is 4.98 Å². The predicted octanol–water partition coefficient (Wildman–Crippen LogP) is 4.20. The van der Waals surface area contributed by atoms with Gasteiger partial charge in [0.25, 0.3) is 5.91 Å². The molecule has 2 heterocycles. The number of imidazole rings is 1. The fourth-order valence-corrected chi connectivity index (χ4v) is 6.48. The Kier molecular flexibility index (Phi) is 4.19. The first-order valence-electron chi connectivity index (χ1n) is 11.7. The number of aromatic nitrogens is 2. The summed E-state index contributed by atoms with van der Waals surface area (Å²) in [6.45, 7) is 4.18. The number of benzene rings is 2. The second-order valence-electron chi connectivity index (χ2n) is 10.4. The third kappa shape index (κ3) is 2.98. The maximum Gasteiger partial charge on any atom is 0.255 e. The molecular weight excluding hydrogens is 414 g/mol. The van der Waals surface area contributed by atoms with E-state index in [0.29, 0.717) is 5.56 Å². The predicted molar refractivity (Wildman–Crippen MR) is 128 cm³/mol. The number of para-hydroxylation sites is 1. The molecule has 4 unspecified atom stereocenters. The van der Waals surface area contributed by atoms with Gasteiger partial charge in [0, 0.05) is 30.3 Å². The molecule has 7 nitrogen and oxygen atoms in total. The lowest BCUT2D eigenvalue weighted by atomic mass is 9.51. The minimum absolute atomic E-state index is 0.0274. The van der Waals surface area contributed by atoms with E-state index in [9.17, 15) is 9.59 Å². The fourth-order valence-electron chi connectivity index (χ4n) is 6.48. The highest BCUT2D eigenvalue weighted by molar-refractivity contribution is 6.02. The number of hydrogen-bond donors (Lipinski definition) is 3. The Balaban J connectivity index is 1.25. The molecule has 4 aliphatic rings. The van der Waals surface area contributed by atoms with Crippen molar-refractivity contribution >= 4 is 34.2 Å². The van der Waals surface area contributed by atoms with Crippen molar-refractivity contribution < 1.29 is 9.59 Å². The summed E-state index contributed by atoms with van der Waals surface area (Å²) in [4.78, 5) is 30.9. The molecular formula is C26H29N5O2. The average Bonchev–Trinajstić information content (AvgIpc) is 3.06. The molecule has 170 valence electrons. The topological polar surface area (TPSA) is 88.1 Å². The Bertz CT molecular complexity index is 1310. The Morgan fingerprint density at radius 1 is 1.21 bits per heavy atom. The molecule has 3 N–H and O–H groups in total. The number of aryl methyl sites for hydroxylation is 2. The summed E-state index contributed by atoms with van der Waals surface area (Å²) < 4.78 is 2.05. The Labute approximate surface area is 193 Å². The highest BCUT2D eigenvalue weighted by Crippen LogP contribution is 2.58. The van der Waals surface area contributed by atoms with Crippen molar-refractivity contribution in [2.24, 2.45) is 24.3 Å². The van der Waals surface area contributed by atoms with Gasteiger partial charge in [-0.05, 0) is 68.4 Å². The number of nitrogens with zero attached hydrogens (tertiary/aromatic N) is 2. The molecule has 3 aliphatic carbocycles. The molecule has 4 atom stereocenters. The number of anilines is 2. The molecule has 2 amide bonds. The van der Waals surface area contributed by atoms with E-state index in [4.69, 9.17) is 0 Å². The molecule has 7 rings (SSSR count). The molecule has 2 bridgehead atoms. The van der Waals surface area contributed by atoms with Crippen LogP contribution in [0.5, 0.6) is 0 Å². The molecule has 0 saturated heterocycles. The minimum Gasteiger partial charge on any atom is -0.362 e. The standard InChI is InChI=1S/C26H29N5O2/c1-15-27-21-13-17(8-9-22(21)31(15)3)28-24(33)19-12-16-10-11-25(19,2)14-26(16)29-20-7-5-4-6-18(20)23(32)30-26/h4-9,13,16,19,29H,10-12,14H2,1-3H3,(H,28,33)(H,30,32). The molecule has 1 aromatic heterocycles. The van der Waals surface area contributed by atoms with Gasteiger partial charge < -0.3 is 20.5 Å². The van der Waals surface area contributed by atoms with Gasteiger partial charge in [0.2, 0.25) is 5.91 Å². The molecule has 3 saturated carbocycles. The average molecular weight is 444 g/mol. The molecule has 3 fully saturated rings. The van der Waals surface area contributed by atoms with Crippen LogP contribution in [-0.2, 0) is 11.8 Å². The van der Waals surface area contributed by atoms with Crippen LogP contribution in [0.3, 0.4) is 0 Å². The van der Waals surface area contributed by atoms with E-state index >= 15 is 0 Å². The molecule has 7 heteroatoms. The summed E-state index contributed by atoms with van der Waals surface area (Å²) in [5.41, 5.74) is 3.60. The third-order valence-corrected chi connectivity index (χ3v) is 8.36. The third-order valence-electron chi connectivity index (χ3n) is 8.36. The van der Waals surface area contributed by atoms with E-state index in [-0.39, 0.29) is 29.1 Å². The van der Waals surface area contributed by atoms with E-state index in [1.54, 1.807) is 0 Å². The SMILES string of the molecule is Cc1nc2cc(NC(=O)C3CC4CCC3(C)CC43NC(=O)c4ccccc4N3)ccc2n1C. The second-order valence-corrected chi connectivity index (χ2v) is 10.4. The number of amides is 2. The van der Waals surface area contributed by atoms with Crippen LogP contribution in [0.1, 0.15) is 48.8 Å². The lowest BCUT2D eigenvalue weighted by Crippen LogP contribution is -2.70. The van der Waals surface area contributed by atoms with Crippen molar-refractivity contribution in [2.75, 3.05) is 10.6 Å². The van der Waals surface area contributed by atoms with Crippen LogP contribution < -0.4 is 16.0 Å². The zero-order chi connectivity index (χ0) is 23.0. The maximum absolute atomic E-state index is 13.5. The summed E-state index contributed by atoms with van der Waals surface area (Å²) >= 11 is 0. The van der Waals surface area contributed by atoms with Gasteiger partial charge in [0.1, 0.15) is 11.5 Å². The van der Waals surface area contributed by atoms with Gasteiger partial charge >= 0.3 is 0 Å². The van der Waals surface area contributed by atoms with Crippen molar-refractivity contribution in [3.05, 3.63) is 53.9 Å². The Morgan fingerprint density at radius 2 is 2.03 bits per heavy atom. The van der Waals surface area contributed by atoms with Gasteiger partial charge in [-0.1, -0.05) is 19.1 Å². The van der Waals surface area contributed by atoms with E-state index in [2.05, 4.69) is 27.9 Å². The van der Waals surface area contributed by atoms with Crippen LogP contribution in [0.2, 0.25) is 0 Å². The first-order chi connectivity index (χ1) is 15.8. The molecule has 2 aromatic carbocycles. The van der Waals surface area contributed by atoms with Crippen molar-refractivity contribution in [2.45, 2.75) is 45.2 Å². The quantitative estimate of drug-likeness (QED) is 0.554. The highest BCUT2D eigenvalue weighted by atomic mass is 16.2. The maximum atomic E-state index is 13.5. The Morgan fingerprint density at radius 3 is 2.85 bits per heavy atom. The molecule has 3 aromatic rings. The van der Waals surface area contributed by atoms with Crippen LogP contribution in [0.25, 0.3) is 11.0 Å². The monoisotopic (exact) mass is 443 g/mol. The van der Waals surface area contributed by atoms with E-state index < -0.39 is 5.66 Å². The lowest BCUT2D eigenvalue weighted by Gasteiger charge is -2.60. The number of fused-ring (bicyclic) bond motifs is 4. The van der Waals surface area contributed by atoms with Crippen molar-refractivity contribution in [1.29, 1.82) is 0 Å². The van der Waals surface area contributed by atoms with E-state index in [0.717, 1.165) is 53.9 Å². The smallest absolute Gasteiger partial charge is 0.255 e. The van der Waals surface area contributed by atoms with Crippen LogP contribution in [0.15, 0.2) is 42.5 Å². The number of rotatable bonds is 2. The number of nitrogens with one attached hydrogen (secondary N) is 3. The fraction of sp³-hybridized carbons (Fsp3) is 0.423. The molecule has 0 radical (unpaired) electrons. The number of hydrogen-bond acceptors (Lipinski definition) is 4. The molecule has 33 heavy (non-hydrogen) atoms. The number of carbonyl (C=O) groups excluding carboxylic acids is 2. The number of carbonyl (C=O) groups is 2. The van der Waals surface area contributed by atoms with Gasteiger partial charge in [-0.15, -0.1) is 0 Å². The van der Waals surface area contributed by atoms with Crippen LogP contribution in [0.4, 0.5) is 11.4 Å². The van der Waals surface area contributed by atoms with Gasteiger partial charge in [0.15, 0.2) is 0 Å². The summed E-state index contributed by atoms with van der Waals surface area (Å²) in [7, 11) is 1.99. The van der Waals surface area contributed by atoms with Crippen molar-refractivity contribution in [3.63, 3.8) is 0 Å². The van der Waals surface area contributed by atoms with Crippen molar-refractivity contribution in [3.8, 4) is 0 Å². The summed E-state index contributed by atoms with van der Waals surface area (Å²) in [6, 6.07) is 13.6. The van der Waals surface area contributed by atoms with Gasteiger partial charge in [-0.2, -0.15) is 0 Å². The normalized spacial score (nSPS) is 30.1. The highest BCUT2D eigenvalue weighted by Gasteiger charge is 2.60. The van der Waals surface area contributed by atoms with Gasteiger partial charge in [0.05, 0.1) is 16.6 Å². The lowest BCUT2D eigenvalue weighted by molar-refractivity contribution is -0.134. The minimum atomic E-state index is -0.486. The largest absolute Gasteiger partial charge is 0.362 e.